The Morgan fingerprint density at radius 1 is 1.20 bits per heavy atom. The molecule has 0 radical (unpaired) electrons. The molecule has 6 nitrogen and oxygen atoms in total. The number of carbonyl (C=O) groups is 1. The van der Waals surface area contributed by atoms with Crippen molar-refractivity contribution in [3.63, 3.8) is 0 Å². The molecule has 1 N–H and O–H groups in total. The number of thiazole rings is 1. The van der Waals surface area contributed by atoms with Gasteiger partial charge in [0.1, 0.15) is 0 Å². The summed E-state index contributed by atoms with van der Waals surface area (Å²) in [6.07, 6.45) is 1.09. The molecule has 0 fully saturated rings. The molecule has 0 aliphatic rings. The van der Waals surface area contributed by atoms with Crippen molar-refractivity contribution in [3.05, 3.63) is 45.3 Å². The lowest BCUT2D eigenvalue weighted by atomic mass is 10.3. The van der Waals surface area contributed by atoms with Crippen LogP contribution in [-0.2, 0) is 24.3 Å². The molecule has 0 aliphatic heterocycles. The molecule has 132 valence electrons. The first-order valence-corrected chi connectivity index (χ1v) is 9.31. The second-order valence-electron chi connectivity index (χ2n) is 5.84. The third-order valence-corrected chi connectivity index (χ3v) is 5.21. The zero-order valence-corrected chi connectivity index (χ0v) is 15.5. The van der Waals surface area contributed by atoms with E-state index in [9.17, 15) is 9.59 Å². The number of hydrogen-bond acceptors (Lipinski definition) is 4. The summed E-state index contributed by atoms with van der Waals surface area (Å²) >= 11 is 1.49. The first kappa shape index (κ1) is 17.4. The first-order valence-electron chi connectivity index (χ1n) is 8.49. The van der Waals surface area contributed by atoms with Crippen molar-refractivity contribution < 1.29 is 4.79 Å². The van der Waals surface area contributed by atoms with Gasteiger partial charge in [0.2, 0.25) is 5.91 Å². The molecule has 7 heteroatoms. The molecule has 1 aromatic carbocycles. The number of imidazole rings is 1. The zero-order valence-electron chi connectivity index (χ0n) is 14.7. The molecular formula is C18H22N4O2S. The number of para-hydroxylation sites is 2. The molecule has 2 aromatic heterocycles. The van der Waals surface area contributed by atoms with Crippen LogP contribution in [0.3, 0.4) is 0 Å². The van der Waals surface area contributed by atoms with Crippen LogP contribution in [0.15, 0.2) is 29.1 Å². The van der Waals surface area contributed by atoms with Gasteiger partial charge in [0, 0.05) is 24.4 Å². The lowest BCUT2D eigenvalue weighted by molar-refractivity contribution is -0.116. The van der Waals surface area contributed by atoms with Crippen molar-refractivity contribution in [2.24, 2.45) is 0 Å². The van der Waals surface area contributed by atoms with Gasteiger partial charge < -0.3 is 5.32 Å². The van der Waals surface area contributed by atoms with Crippen molar-refractivity contribution in [1.29, 1.82) is 0 Å². The Labute approximate surface area is 150 Å². The topological polar surface area (TPSA) is 68.9 Å². The molecular weight excluding hydrogens is 336 g/mol. The highest BCUT2D eigenvalue weighted by atomic mass is 32.1. The van der Waals surface area contributed by atoms with Crippen molar-refractivity contribution in [2.75, 3.05) is 5.32 Å². The van der Waals surface area contributed by atoms with Crippen LogP contribution in [0.1, 0.15) is 30.8 Å². The molecule has 0 aliphatic carbocycles. The SMILES string of the molecule is CCc1nc(NC(=O)CCn2c(=O)n(CC)c3ccccc32)sc1C. The first-order chi connectivity index (χ1) is 12.0. The van der Waals surface area contributed by atoms with Crippen LogP contribution < -0.4 is 11.0 Å². The van der Waals surface area contributed by atoms with Crippen LogP contribution in [0.4, 0.5) is 5.13 Å². The fraction of sp³-hybridized carbons (Fsp3) is 0.389. The molecule has 0 atom stereocenters. The maximum absolute atomic E-state index is 12.6. The minimum Gasteiger partial charge on any atom is -0.302 e. The van der Waals surface area contributed by atoms with Crippen LogP contribution >= 0.6 is 11.3 Å². The van der Waals surface area contributed by atoms with Crippen molar-refractivity contribution >= 4 is 33.4 Å². The molecule has 3 rings (SSSR count). The quantitative estimate of drug-likeness (QED) is 0.736. The van der Waals surface area contributed by atoms with Crippen LogP contribution in [0.5, 0.6) is 0 Å². The van der Waals surface area contributed by atoms with E-state index in [-0.39, 0.29) is 18.0 Å². The molecule has 25 heavy (non-hydrogen) atoms. The summed E-state index contributed by atoms with van der Waals surface area (Å²) in [5, 5.41) is 3.47. The van der Waals surface area contributed by atoms with Gasteiger partial charge in [-0.25, -0.2) is 9.78 Å². The lowest BCUT2D eigenvalue weighted by Crippen LogP contribution is -2.25. The van der Waals surface area contributed by atoms with Crippen LogP contribution in [0, 0.1) is 6.92 Å². The van der Waals surface area contributed by atoms with Crippen LogP contribution in [0.25, 0.3) is 11.0 Å². The Bertz CT molecular complexity index is 967. The van der Waals surface area contributed by atoms with Gasteiger partial charge in [0.05, 0.1) is 16.7 Å². The molecule has 0 unspecified atom stereocenters. The Morgan fingerprint density at radius 3 is 2.48 bits per heavy atom. The number of rotatable bonds is 6. The smallest absolute Gasteiger partial charge is 0.302 e. The second kappa shape index (κ2) is 7.23. The number of anilines is 1. The van der Waals surface area contributed by atoms with Crippen molar-refractivity contribution in [2.45, 2.75) is 46.7 Å². The number of aromatic nitrogens is 3. The lowest BCUT2D eigenvalue weighted by Gasteiger charge is -2.03. The molecule has 0 saturated carbocycles. The third kappa shape index (κ3) is 3.37. The monoisotopic (exact) mass is 358 g/mol. The van der Waals surface area contributed by atoms with E-state index in [2.05, 4.69) is 10.3 Å². The molecule has 0 saturated heterocycles. The number of nitrogens with zero attached hydrogens (tertiary/aromatic N) is 3. The average molecular weight is 358 g/mol. The Hall–Kier alpha value is -2.41. The summed E-state index contributed by atoms with van der Waals surface area (Å²) < 4.78 is 3.40. The van der Waals surface area contributed by atoms with Gasteiger partial charge in [-0.1, -0.05) is 19.1 Å². The summed E-state index contributed by atoms with van der Waals surface area (Å²) in [7, 11) is 0. The standard InChI is InChI=1S/C18H22N4O2S/c1-4-13-12(3)25-17(19-13)20-16(23)10-11-22-15-9-7-6-8-14(15)21(5-2)18(22)24/h6-9H,4-5,10-11H2,1-3H3,(H,19,20,23). The predicted octanol–water partition coefficient (Wildman–Crippen LogP) is 3.18. The van der Waals surface area contributed by atoms with Gasteiger partial charge in [-0.05, 0) is 32.4 Å². The highest BCUT2D eigenvalue weighted by Crippen LogP contribution is 2.22. The minimum absolute atomic E-state index is 0.0742. The predicted molar refractivity (Wildman–Crippen MR) is 101 cm³/mol. The van der Waals surface area contributed by atoms with E-state index >= 15 is 0 Å². The van der Waals surface area contributed by atoms with E-state index in [4.69, 9.17) is 0 Å². The number of fused-ring (bicyclic) bond motifs is 1. The second-order valence-corrected chi connectivity index (χ2v) is 7.04. The van der Waals surface area contributed by atoms with Gasteiger partial charge in [-0.15, -0.1) is 11.3 Å². The van der Waals surface area contributed by atoms with E-state index in [0.717, 1.165) is 28.0 Å². The summed E-state index contributed by atoms with van der Waals surface area (Å²) in [4.78, 5) is 30.4. The minimum atomic E-state index is -0.128. The summed E-state index contributed by atoms with van der Waals surface area (Å²) in [5.74, 6) is -0.128. The molecule has 3 aromatic rings. The summed E-state index contributed by atoms with van der Waals surface area (Å²) in [6.45, 7) is 6.95. The maximum atomic E-state index is 12.6. The third-order valence-electron chi connectivity index (χ3n) is 4.28. The van der Waals surface area contributed by atoms with Gasteiger partial charge in [-0.3, -0.25) is 13.9 Å². The molecule has 0 spiro atoms. The zero-order chi connectivity index (χ0) is 18.0. The Balaban J connectivity index is 1.75. The number of benzene rings is 1. The van der Waals surface area contributed by atoms with Crippen LogP contribution in [-0.4, -0.2) is 20.0 Å². The maximum Gasteiger partial charge on any atom is 0.329 e. The van der Waals surface area contributed by atoms with Crippen molar-refractivity contribution in [1.82, 2.24) is 14.1 Å². The van der Waals surface area contributed by atoms with Crippen molar-refractivity contribution in [3.8, 4) is 0 Å². The number of carbonyl (C=O) groups excluding carboxylic acids is 1. The highest BCUT2D eigenvalue weighted by Gasteiger charge is 2.14. The number of hydrogen-bond donors (Lipinski definition) is 1. The summed E-state index contributed by atoms with van der Waals surface area (Å²) in [5.41, 5.74) is 2.71. The molecule has 0 bridgehead atoms. The van der Waals surface area contributed by atoms with E-state index in [1.165, 1.54) is 11.3 Å². The number of aryl methyl sites for hydroxylation is 4. The number of nitrogens with one attached hydrogen (secondary N) is 1. The summed E-state index contributed by atoms with van der Waals surface area (Å²) in [6, 6.07) is 7.67. The van der Waals surface area contributed by atoms with E-state index in [0.29, 0.717) is 18.2 Å². The van der Waals surface area contributed by atoms with Gasteiger partial charge in [0.15, 0.2) is 5.13 Å². The van der Waals surface area contributed by atoms with E-state index in [1.807, 2.05) is 45.0 Å². The van der Waals surface area contributed by atoms with E-state index < -0.39 is 0 Å². The van der Waals surface area contributed by atoms with Gasteiger partial charge in [-0.2, -0.15) is 0 Å². The van der Waals surface area contributed by atoms with Gasteiger partial charge in [0.25, 0.3) is 0 Å². The van der Waals surface area contributed by atoms with Gasteiger partial charge >= 0.3 is 5.69 Å². The largest absolute Gasteiger partial charge is 0.329 e. The number of amides is 1. The molecule has 1 amide bonds. The normalized spacial score (nSPS) is 11.2. The van der Waals surface area contributed by atoms with Crippen LogP contribution in [0.2, 0.25) is 0 Å². The fourth-order valence-electron chi connectivity index (χ4n) is 3.00. The molecule has 2 heterocycles. The Morgan fingerprint density at radius 2 is 1.88 bits per heavy atom. The fourth-order valence-corrected chi connectivity index (χ4v) is 3.92. The van der Waals surface area contributed by atoms with E-state index in [1.54, 1.807) is 9.13 Å². The highest BCUT2D eigenvalue weighted by molar-refractivity contribution is 7.15. The average Bonchev–Trinajstić information content (AvgIpc) is 3.09. The Kier molecular flexibility index (Phi) is 5.03.